The Bertz CT molecular complexity index is 619. The minimum absolute atomic E-state index is 0.00739. The maximum Gasteiger partial charge on any atom is 0.314 e. The minimum atomic E-state index is -0.00739. The van der Waals surface area contributed by atoms with Crippen molar-refractivity contribution in [1.29, 1.82) is 0 Å². The van der Waals surface area contributed by atoms with Crippen molar-refractivity contribution in [1.82, 2.24) is 0 Å². The summed E-state index contributed by atoms with van der Waals surface area (Å²) >= 11 is 0. The molecule has 2 heteroatoms. The molecule has 30 heavy (non-hydrogen) atoms. The molecule has 2 fully saturated rings. The third-order valence-electron chi connectivity index (χ3n) is 8.06. The molecule has 2 aliphatic carbocycles. The second-order valence-electron chi connectivity index (χ2n) is 10.3. The van der Waals surface area contributed by atoms with Crippen molar-refractivity contribution in [3.05, 3.63) is 29.8 Å². The van der Waals surface area contributed by atoms with E-state index in [4.69, 9.17) is 4.74 Å². The highest BCUT2D eigenvalue weighted by Crippen LogP contribution is 2.43. The van der Waals surface area contributed by atoms with Crippen LogP contribution in [0.3, 0.4) is 0 Å². The van der Waals surface area contributed by atoms with E-state index in [9.17, 15) is 4.79 Å². The van der Waals surface area contributed by atoms with Crippen LogP contribution in [-0.2, 0) is 11.2 Å². The minimum Gasteiger partial charge on any atom is -0.426 e. The largest absolute Gasteiger partial charge is 0.426 e. The lowest BCUT2D eigenvalue weighted by molar-refractivity contribution is -0.140. The Morgan fingerprint density at radius 2 is 1.53 bits per heavy atom. The molecule has 1 aromatic rings. The van der Waals surface area contributed by atoms with Gasteiger partial charge in [0, 0.05) is 0 Å². The van der Waals surface area contributed by atoms with E-state index in [1.165, 1.54) is 69.8 Å². The highest BCUT2D eigenvalue weighted by Gasteiger charge is 2.33. The first-order valence-corrected chi connectivity index (χ1v) is 12.9. The number of hydrogen-bond donors (Lipinski definition) is 0. The molecule has 0 bridgehead atoms. The van der Waals surface area contributed by atoms with Crippen LogP contribution in [0.2, 0.25) is 0 Å². The second-order valence-corrected chi connectivity index (χ2v) is 10.3. The number of ether oxygens (including phenoxy) is 1. The van der Waals surface area contributed by atoms with Gasteiger partial charge in [0.1, 0.15) is 5.75 Å². The van der Waals surface area contributed by atoms with Gasteiger partial charge < -0.3 is 4.74 Å². The van der Waals surface area contributed by atoms with Gasteiger partial charge in [0.05, 0.1) is 5.92 Å². The molecule has 2 aliphatic rings. The van der Waals surface area contributed by atoms with Crippen LogP contribution >= 0.6 is 0 Å². The SMILES string of the molecule is CCCCc1ccc(OC(=O)C2CCC(C3CCC(CC(C)CC)CC3)CC2)cc1. The fraction of sp³-hybridized carbons (Fsp3) is 0.750. The lowest BCUT2D eigenvalue weighted by Gasteiger charge is -2.37. The molecule has 1 aromatic carbocycles. The van der Waals surface area contributed by atoms with E-state index in [1.807, 2.05) is 12.1 Å². The number of unbranched alkanes of at least 4 members (excludes halogenated alkanes) is 1. The summed E-state index contributed by atoms with van der Waals surface area (Å²) in [5, 5.41) is 0. The molecule has 3 rings (SSSR count). The van der Waals surface area contributed by atoms with Crippen LogP contribution in [0.4, 0.5) is 0 Å². The summed E-state index contributed by atoms with van der Waals surface area (Å²) in [6.07, 6.45) is 16.5. The van der Waals surface area contributed by atoms with Crippen LogP contribution in [-0.4, -0.2) is 5.97 Å². The number of aryl methyl sites for hydroxylation is 1. The van der Waals surface area contributed by atoms with Gasteiger partial charge in [-0.05, 0) is 99.2 Å². The van der Waals surface area contributed by atoms with Crippen molar-refractivity contribution < 1.29 is 9.53 Å². The van der Waals surface area contributed by atoms with Gasteiger partial charge in [-0.15, -0.1) is 0 Å². The van der Waals surface area contributed by atoms with Gasteiger partial charge in [-0.2, -0.15) is 0 Å². The molecule has 0 spiro atoms. The molecule has 0 aromatic heterocycles. The lowest BCUT2D eigenvalue weighted by atomic mass is 9.68. The number of hydrogen-bond acceptors (Lipinski definition) is 2. The van der Waals surface area contributed by atoms with Gasteiger partial charge >= 0.3 is 5.97 Å². The molecular weight excluding hydrogens is 368 g/mol. The molecule has 168 valence electrons. The molecule has 1 unspecified atom stereocenters. The van der Waals surface area contributed by atoms with Crippen LogP contribution in [0.5, 0.6) is 5.75 Å². The first kappa shape index (κ1) is 23.4. The van der Waals surface area contributed by atoms with E-state index in [0.717, 1.165) is 42.9 Å². The van der Waals surface area contributed by atoms with Gasteiger partial charge in [0.2, 0.25) is 0 Å². The van der Waals surface area contributed by atoms with Crippen molar-refractivity contribution in [2.75, 3.05) is 0 Å². The maximum absolute atomic E-state index is 12.7. The molecule has 1 atom stereocenters. The van der Waals surface area contributed by atoms with E-state index in [1.54, 1.807) is 0 Å². The molecule has 0 amide bonds. The number of esters is 1. The molecule has 2 saturated carbocycles. The molecule has 0 N–H and O–H groups in total. The Balaban J connectivity index is 1.38. The first-order chi connectivity index (χ1) is 14.6. The van der Waals surface area contributed by atoms with Gasteiger partial charge in [-0.1, -0.05) is 58.6 Å². The number of carbonyl (C=O) groups excluding carboxylic acids is 1. The molecular formula is C28H44O2. The molecule has 0 heterocycles. The fourth-order valence-electron chi connectivity index (χ4n) is 5.76. The van der Waals surface area contributed by atoms with E-state index in [-0.39, 0.29) is 11.9 Å². The zero-order chi connectivity index (χ0) is 21.3. The Hall–Kier alpha value is -1.31. The van der Waals surface area contributed by atoms with Gasteiger partial charge in [0.15, 0.2) is 0 Å². The van der Waals surface area contributed by atoms with Gasteiger partial charge in [0.25, 0.3) is 0 Å². The van der Waals surface area contributed by atoms with Gasteiger partial charge in [-0.3, -0.25) is 4.79 Å². The van der Waals surface area contributed by atoms with Crippen molar-refractivity contribution in [3.63, 3.8) is 0 Å². The number of benzene rings is 1. The van der Waals surface area contributed by atoms with Crippen LogP contribution < -0.4 is 4.74 Å². The zero-order valence-corrected chi connectivity index (χ0v) is 19.7. The Kier molecular flexibility index (Phi) is 9.27. The van der Waals surface area contributed by atoms with E-state index < -0.39 is 0 Å². The van der Waals surface area contributed by atoms with Crippen LogP contribution in [0, 0.1) is 29.6 Å². The van der Waals surface area contributed by atoms with E-state index in [2.05, 4.69) is 32.9 Å². The summed E-state index contributed by atoms with van der Waals surface area (Å²) in [5.74, 6) is 4.41. The van der Waals surface area contributed by atoms with Crippen molar-refractivity contribution in [2.24, 2.45) is 29.6 Å². The molecule has 0 aliphatic heterocycles. The summed E-state index contributed by atoms with van der Waals surface area (Å²) in [5.41, 5.74) is 1.33. The zero-order valence-electron chi connectivity index (χ0n) is 19.7. The van der Waals surface area contributed by atoms with Crippen LogP contribution in [0.15, 0.2) is 24.3 Å². The molecule has 0 radical (unpaired) electrons. The summed E-state index contributed by atoms with van der Waals surface area (Å²) in [4.78, 5) is 12.7. The predicted molar refractivity (Wildman–Crippen MR) is 126 cm³/mol. The van der Waals surface area contributed by atoms with Crippen molar-refractivity contribution >= 4 is 5.97 Å². The summed E-state index contributed by atoms with van der Waals surface area (Å²) in [6, 6.07) is 8.14. The molecule has 0 saturated heterocycles. The average Bonchev–Trinajstić information content (AvgIpc) is 2.79. The summed E-state index contributed by atoms with van der Waals surface area (Å²) in [7, 11) is 0. The topological polar surface area (TPSA) is 26.3 Å². The maximum atomic E-state index is 12.7. The van der Waals surface area contributed by atoms with Crippen molar-refractivity contribution in [3.8, 4) is 5.75 Å². The van der Waals surface area contributed by atoms with E-state index in [0.29, 0.717) is 5.75 Å². The van der Waals surface area contributed by atoms with Crippen LogP contribution in [0.1, 0.15) is 103 Å². The fourth-order valence-corrected chi connectivity index (χ4v) is 5.76. The van der Waals surface area contributed by atoms with Crippen molar-refractivity contribution in [2.45, 2.75) is 104 Å². The second kappa shape index (κ2) is 11.9. The monoisotopic (exact) mass is 412 g/mol. The standard InChI is InChI=1S/C28H44O2/c1-4-6-7-22-10-18-27(19-11-22)30-28(29)26-16-14-25(15-17-26)24-12-8-23(9-13-24)20-21(3)5-2/h10-11,18-19,21,23-26H,4-9,12-17,20H2,1-3H3. The molecule has 2 nitrogen and oxygen atoms in total. The smallest absolute Gasteiger partial charge is 0.314 e. The average molecular weight is 413 g/mol. The highest BCUT2D eigenvalue weighted by molar-refractivity contribution is 5.75. The Morgan fingerprint density at radius 1 is 0.933 bits per heavy atom. The van der Waals surface area contributed by atoms with Crippen LogP contribution in [0.25, 0.3) is 0 Å². The summed E-state index contributed by atoms with van der Waals surface area (Å²) < 4.78 is 5.72. The van der Waals surface area contributed by atoms with Gasteiger partial charge in [-0.25, -0.2) is 0 Å². The Labute approximate surface area is 185 Å². The highest BCUT2D eigenvalue weighted by atomic mass is 16.5. The summed E-state index contributed by atoms with van der Waals surface area (Å²) in [6.45, 7) is 6.94. The third-order valence-corrected chi connectivity index (χ3v) is 8.06. The predicted octanol–water partition coefficient (Wildman–Crippen LogP) is 7.98. The Morgan fingerprint density at radius 3 is 2.10 bits per heavy atom. The third kappa shape index (κ3) is 6.86. The normalized spacial score (nSPS) is 28.1. The number of carbonyl (C=O) groups is 1. The quantitative estimate of drug-likeness (QED) is 0.303. The first-order valence-electron chi connectivity index (χ1n) is 12.9. The lowest BCUT2D eigenvalue weighted by Crippen LogP contribution is -2.30. The van der Waals surface area contributed by atoms with E-state index >= 15 is 0 Å². The number of rotatable bonds is 9.